The van der Waals surface area contributed by atoms with Gasteiger partial charge in [0.1, 0.15) is 0 Å². The van der Waals surface area contributed by atoms with Crippen LogP contribution in [-0.2, 0) is 0 Å². The van der Waals surface area contributed by atoms with Crippen LogP contribution >= 0.6 is 72.3 Å². The molecule has 0 aliphatic heterocycles. The average molecular weight is 603 g/mol. The monoisotopic (exact) mass is 602 g/mol. The molecular formula is C27H38O3S6. The van der Waals surface area contributed by atoms with Crippen LogP contribution < -0.4 is 9.47 Å². The zero-order chi connectivity index (χ0) is 25.7. The number of rotatable bonds is 22. The molecule has 200 valence electrons. The van der Waals surface area contributed by atoms with E-state index in [0.29, 0.717) is 35.8 Å². The third-order valence-corrected chi connectivity index (χ3v) is 10.5. The SMILES string of the molecule is O=C(c1ccccc1)c1ccc(OCCCSCCSCCS)c(OCCCSCCSCCS)c1. The van der Waals surface area contributed by atoms with E-state index in [1.54, 1.807) is 0 Å². The van der Waals surface area contributed by atoms with Gasteiger partial charge in [0.15, 0.2) is 17.3 Å². The maximum absolute atomic E-state index is 12.9. The smallest absolute Gasteiger partial charge is 0.193 e. The molecule has 0 aliphatic rings. The van der Waals surface area contributed by atoms with Gasteiger partial charge in [-0.2, -0.15) is 72.3 Å². The first-order valence-corrected chi connectivity index (χ1v) is 18.2. The number of thioether (sulfide) groups is 4. The first-order valence-electron chi connectivity index (χ1n) is 12.3. The van der Waals surface area contributed by atoms with Crippen LogP contribution in [0.1, 0.15) is 28.8 Å². The highest BCUT2D eigenvalue weighted by atomic mass is 32.2. The summed E-state index contributed by atoms with van der Waals surface area (Å²) < 4.78 is 12.2. The number of hydrogen-bond donors (Lipinski definition) is 2. The van der Waals surface area contributed by atoms with Crippen LogP contribution in [0.5, 0.6) is 11.5 Å². The Hall–Kier alpha value is -0.190. The van der Waals surface area contributed by atoms with E-state index < -0.39 is 0 Å². The maximum Gasteiger partial charge on any atom is 0.193 e. The van der Waals surface area contributed by atoms with Gasteiger partial charge in [0, 0.05) is 45.6 Å². The van der Waals surface area contributed by atoms with Gasteiger partial charge in [-0.25, -0.2) is 0 Å². The van der Waals surface area contributed by atoms with E-state index in [2.05, 4.69) is 25.3 Å². The fourth-order valence-electron chi connectivity index (χ4n) is 3.10. The van der Waals surface area contributed by atoms with Gasteiger partial charge in [-0.05, 0) is 54.1 Å². The van der Waals surface area contributed by atoms with E-state index in [0.717, 1.165) is 58.9 Å². The lowest BCUT2D eigenvalue weighted by Crippen LogP contribution is -2.07. The van der Waals surface area contributed by atoms with Gasteiger partial charge in [0.05, 0.1) is 13.2 Å². The zero-order valence-corrected chi connectivity index (χ0v) is 25.8. The highest BCUT2D eigenvalue weighted by Gasteiger charge is 2.13. The largest absolute Gasteiger partial charge is 0.490 e. The van der Waals surface area contributed by atoms with Gasteiger partial charge < -0.3 is 9.47 Å². The summed E-state index contributed by atoms with van der Waals surface area (Å²) in [7, 11) is 0. The summed E-state index contributed by atoms with van der Waals surface area (Å²) in [5.74, 6) is 12.3. The number of ether oxygens (including phenoxy) is 2. The fraction of sp³-hybridized carbons (Fsp3) is 0.519. The van der Waals surface area contributed by atoms with Gasteiger partial charge in [0.25, 0.3) is 0 Å². The van der Waals surface area contributed by atoms with Gasteiger partial charge in [-0.1, -0.05) is 30.3 Å². The minimum atomic E-state index is -0.00606. The van der Waals surface area contributed by atoms with Crippen molar-refractivity contribution < 1.29 is 14.3 Å². The minimum Gasteiger partial charge on any atom is -0.490 e. The molecule has 0 N–H and O–H groups in total. The molecule has 0 fully saturated rings. The van der Waals surface area contributed by atoms with Crippen molar-refractivity contribution in [2.45, 2.75) is 12.8 Å². The first-order chi connectivity index (χ1) is 17.8. The van der Waals surface area contributed by atoms with Gasteiger partial charge in [-0.3, -0.25) is 4.79 Å². The Labute approximate surface area is 245 Å². The molecule has 0 atom stereocenters. The molecule has 9 heteroatoms. The van der Waals surface area contributed by atoms with E-state index in [9.17, 15) is 4.79 Å². The first kappa shape index (κ1) is 32.0. The Bertz CT molecular complexity index is 838. The van der Waals surface area contributed by atoms with Crippen LogP contribution in [-0.4, -0.2) is 76.5 Å². The van der Waals surface area contributed by atoms with Crippen LogP contribution in [0.3, 0.4) is 0 Å². The molecule has 0 aromatic heterocycles. The highest BCUT2D eigenvalue weighted by Crippen LogP contribution is 2.30. The second-order valence-corrected chi connectivity index (χ2v) is 13.5. The van der Waals surface area contributed by atoms with E-state index >= 15 is 0 Å². The molecular weight excluding hydrogens is 565 g/mol. The summed E-state index contributed by atoms with van der Waals surface area (Å²) in [6, 6.07) is 14.9. The summed E-state index contributed by atoms with van der Waals surface area (Å²) in [4.78, 5) is 12.9. The number of ketones is 1. The van der Waals surface area contributed by atoms with Crippen LogP contribution in [0.2, 0.25) is 0 Å². The summed E-state index contributed by atoms with van der Waals surface area (Å²) in [6.45, 7) is 1.24. The lowest BCUT2D eigenvalue weighted by Gasteiger charge is -2.14. The fourth-order valence-corrected chi connectivity index (χ4v) is 7.48. The summed E-state index contributed by atoms with van der Waals surface area (Å²) in [5.41, 5.74) is 1.29. The summed E-state index contributed by atoms with van der Waals surface area (Å²) >= 11 is 16.3. The molecule has 36 heavy (non-hydrogen) atoms. The predicted molar refractivity (Wildman–Crippen MR) is 174 cm³/mol. The Morgan fingerprint density at radius 2 is 1.14 bits per heavy atom. The predicted octanol–water partition coefficient (Wildman–Crippen LogP) is 7.25. The molecule has 3 nitrogen and oxygen atoms in total. The molecule has 0 spiro atoms. The van der Waals surface area contributed by atoms with Crippen LogP contribution in [0.15, 0.2) is 48.5 Å². The van der Waals surface area contributed by atoms with Crippen molar-refractivity contribution in [3.8, 4) is 11.5 Å². The van der Waals surface area contributed by atoms with Gasteiger partial charge >= 0.3 is 0 Å². The molecule has 0 unspecified atom stereocenters. The average Bonchev–Trinajstić information content (AvgIpc) is 2.91. The summed E-state index contributed by atoms with van der Waals surface area (Å²) in [6.07, 6.45) is 1.94. The lowest BCUT2D eigenvalue weighted by atomic mass is 10.0. The number of thiol groups is 2. The Balaban J connectivity index is 1.84. The van der Waals surface area contributed by atoms with Gasteiger partial charge in [0.2, 0.25) is 0 Å². The molecule has 0 heterocycles. The molecule has 2 rings (SSSR count). The lowest BCUT2D eigenvalue weighted by molar-refractivity contribution is 0.103. The normalized spacial score (nSPS) is 10.9. The van der Waals surface area contributed by atoms with Crippen molar-refractivity contribution in [2.24, 2.45) is 0 Å². The quantitative estimate of drug-likeness (QED) is 0.0835. The number of benzene rings is 2. The maximum atomic E-state index is 12.9. The molecule has 0 saturated heterocycles. The summed E-state index contributed by atoms with van der Waals surface area (Å²) in [5, 5.41) is 0. The second kappa shape index (κ2) is 21.7. The molecule has 2 aromatic rings. The van der Waals surface area contributed by atoms with Crippen molar-refractivity contribution in [1.82, 2.24) is 0 Å². The van der Waals surface area contributed by atoms with Crippen LogP contribution in [0.25, 0.3) is 0 Å². The number of hydrogen-bond acceptors (Lipinski definition) is 9. The topological polar surface area (TPSA) is 35.5 Å². The molecule has 0 amide bonds. The zero-order valence-electron chi connectivity index (χ0n) is 20.8. The third-order valence-electron chi connectivity index (χ3n) is 4.84. The molecule has 0 radical (unpaired) electrons. The van der Waals surface area contributed by atoms with Crippen molar-refractivity contribution >= 4 is 78.1 Å². The van der Waals surface area contributed by atoms with E-state index in [1.807, 2.05) is 95.6 Å². The van der Waals surface area contributed by atoms with Gasteiger partial charge in [-0.15, -0.1) is 0 Å². The Kier molecular flexibility index (Phi) is 19.3. The molecule has 0 aliphatic carbocycles. The van der Waals surface area contributed by atoms with Crippen molar-refractivity contribution in [3.63, 3.8) is 0 Å². The standard InChI is InChI=1S/C27H38O3S6/c28-27(23-6-2-1-3-7-23)24-8-9-25(29-10-4-14-33-18-20-35-16-12-31)26(22-24)30-11-5-15-34-19-21-36-17-13-32/h1-3,6-9,22,31-32H,4-5,10-21H2. The molecule has 2 aromatic carbocycles. The number of carbonyl (C=O) groups is 1. The Morgan fingerprint density at radius 3 is 1.69 bits per heavy atom. The highest BCUT2D eigenvalue weighted by molar-refractivity contribution is 8.03. The minimum absolute atomic E-state index is 0.00606. The van der Waals surface area contributed by atoms with Crippen molar-refractivity contribution in [1.29, 1.82) is 0 Å². The second-order valence-electron chi connectivity index (χ2n) is 7.66. The molecule has 0 bridgehead atoms. The van der Waals surface area contributed by atoms with Crippen molar-refractivity contribution in [3.05, 3.63) is 59.7 Å². The molecule has 0 saturated carbocycles. The van der Waals surface area contributed by atoms with E-state index in [1.165, 1.54) is 11.5 Å². The van der Waals surface area contributed by atoms with Crippen molar-refractivity contribution in [2.75, 3.05) is 70.7 Å². The van der Waals surface area contributed by atoms with Crippen LogP contribution in [0.4, 0.5) is 0 Å². The van der Waals surface area contributed by atoms with Crippen LogP contribution in [0, 0.1) is 0 Å². The van der Waals surface area contributed by atoms with E-state index in [-0.39, 0.29) is 5.78 Å². The Morgan fingerprint density at radius 1 is 0.611 bits per heavy atom. The number of carbonyl (C=O) groups excluding carboxylic acids is 1. The van der Waals surface area contributed by atoms with E-state index in [4.69, 9.17) is 9.47 Å². The third kappa shape index (κ3) is 14.1.